The highest BCUT2D eigenvalue weighted by Crippen LogP contribution is 2.41. The molecule has 3 aromatic carbocycles. The second kappa shape index (κ2) is 28.4. The number of carbonyl (C=O) groups is 3. The molecule has 2 N–H and O–H groups in total. The van der Waals surface area contributed by atoms with Crippen molar-refractivity contribution in [1.82, 2.24) is 54.8 Å². The van der Waals surface area contributed by atoms with E-state index in [0.29, 0.717) is 106 Å². The average Bonchev–Trinajstić information content (AvgIpc) is 1.38. The van der Waals surface area contributed by atoms with Crippen LogP contribution in [0, 0.1) is 24.0 Å². The monoisotopic (exact) mass is 1250 g/mol. The fourth-order valence-electron chi connectivity index (χ4n) is 13.0. The van der Waals surface area contributed by atoms with Gasteiger partial charge in [0.1, 0.15) is 52.2 Å². The lowest BCUT2D eigenvalue weighted by Gasteiger charge is -2.42. The molecular formula is C68H84F3N13O7. The summed E-state index contributed by atoms with van der Waals surface area (Å²) in [7, 11) is 1.92. The number of phenols is 1. The standard InChI is InChI=1S/C52H61F3N10O6.C13H15N3O.C3H8/c1-6-38-41(53)12-9-33-24-36(66)25-39(44(33)38)46-45(54)47-40(28-56-46)48(63-29-34-10-11-35(30-63)65(34)50(68)70-51(3,4)5)58-49(57-47)69-23-22-60-16-13-52(55,14-17-60)31-61-18-20-62(21-19-61)42-26-37(71-59-42)27-43(67)64-15-7-8-32(64)2;1-10(14-9-17)11-3-5-12(6-4-11)13-7-8-15-16(13)2;1-3-2/h1,9,12,24-26,28,32,34-35,66H,7-8,10-11,13-23,27,29-31H2,2-5H3;3-10H,1-2H3,(H,14,17);3H2,1-2H3. The number of piperidine rings is 1. The van der Waals surface area contributed by atoms with E-state index in [4.69, 9.17) is 25.4 Å². The lowest BCUT2D eigenvalue weighted by Crippen LogP contribution is -2.57. The van der Waals surface area contributed by atoms with Gasteiger partial charge in [0.05, 0.1) is 41.2 Å². The predicted molar refractivity (Wildman–Crippen MR) is 343 cm³/mol. The Hall–Kier alpha value is -8.49. The van der Waals surface area contributed by atoms with Crippen molar-refractivity contribution in [2.24, 2.45) is 7.05 Å². The van der Waals surface area contributed by atoms with E-state index in [1.54, 1.807) is 11.1 Å². The molecule has 91 heavy (non-hydrogen) atoms. The smallest absolute Gasteiger partial charge is 0.410 e. The number of benzene rings is 3. The first kappa shape index (κ1) is 65.5. The molecule has 5 fully saturated rings. The SMILES string of the molecule is C#Cc1c(F)ccc2cc(O)cc(-c3ncc4c(N5CC6CCC(C5)N6C(=O)OC(C)(C)C)nc(OCCN5CCC(F)(CN6CCN(c7cc(CC(=O)N8CCCC8C)on7)CC6)CC5)nc4c3F)c12.CC(NC=O)c1ccc(-c2ccnn2C)cc1.CCC. The largest absolute Gasteiger partial charge is 0.508 e. The van der Waals surface area contributed by atoms with Gasteiger partial charge in [0.15, 0.2) is 11.6 Å². The van der Waals surface area contributed by atoms with Crippen LogP contribution >= 0.6 is 0 Å². The normalized spacial score (nSPS) is 19.5. The molecule has 2 bridgehead atoms. The minimum atomic E-state index is -1.35. The van der Waals surface area contributed by atoms with Gasteiger partial charge in [-0.1, -0.05) is 61.7 Å². The maximum absolute atomic E-state index is 17.2. The van der Waals surface area contributed by atoms with E-state index in [1.165, 1.54) is 36.9 Å². The number of carbonyl (C=O) groups excluding carboxylic acids is 3. The zero-order valence-electron chi connectivity index (χ0n) is 53.4. The van der Waals surface area contributed by atoms with Crippen molar-refractivity contribution in [2.75, 3.05) is 88.4 Å². The quantitative estimate of drug-likeness (QED) is 0.0724. The van der Waals surface area contributed by atoms with Crippen LogP contribution in [0.15, 0.2) is 77.6 Å². The zero-order chi connectivity index (χ0) is 64.7. The highest BCUT2D eigenvalue weighted by atomic mass is 19.1. The van der Waals surface area contributed by atoms with Gasteiger partial charge >= 0.3 is 12.1 Å². The van der Waals surface area contributed by atoms with Crippen molar-refractivity contribution in [2.45, 2.75) is 135 Å². The molecule has 4 unspecified atom stereocenters. The van der Waals surface area contributed by atoms with Gasteiger partial charge in [0, 0.05) is 114 Å². The molecule has 5 aliphatic rings. The molecule has 4 aromatic heterocycles. The van der Waals surface area contributed by atoms with Crippen LogP contribution in [0.25, 0.3) is 44.2 Å². The Kier molecular flexibility index (Phi) is 20.4. The summed E-state index contributed by atoms with van der Waals surface area (Å²) >= 11 is 0. The molecule has 484 valence electrons. The van der Waals surface area contributed by atoms with Gasteiger partial charge in [-0.05, 0) is 114 Å². The van der Waals surface area contributed by atoms with Gasteiger partial charge in [0.2, 0.25) is 12.3 Å². The number of likely N-dealkylation sites (tertiary alicyclic amines) is 2. The number of alkyl halides is 1. The number of anilines is 2. The lowest BCUT2D eigenvalue weighted by molar-refractivity contribution is -0.131. The Morgan fingerprint density at radius 1 is 0.934 bits per heavy atom. The van der Waals surface area contributed by atoms with E-state index in [2.05, 4.69) is 66.9 Å². The molecule has 3 amide bonds. The molecular weight excluding hydrogens is 1170 g/mol. The number of hydrogen-bond acceptors (Lipinski definition) is 16. The van der Waals surface area contributed by atoms with Crippen molar-refractivity contribution < 1.29 is 46.7 Å². The molecule has 5 aliphatic heterocycles. The van der Waals surface area contributed by atoms with Gasteiger partial charge in [-0.15, -0.1) is 6.42 Å². The van der Waals surface area contributed by atoms with Crippen LogP contribution in [0.2, 0.25) is 0 Å². The Morgan fingerprint density at radius 2 is 1.65 bits per heavy atom. The van der Waals surface area contributed by atoms with E-state index < -0.39 is 22.9 Å². The highest BCUT2D eigenvalue weighted by Gasteiger charge is 2.45. The Morgan fingerprint density at radius 3 is 2.29 bits per heavy atom. The van der Waals surface area contributed by atoms with Crippen molar-refractivity contribution in [1.29, 1.82) is 0 Å². The van der Waals surface area contributed by atoms with Gasteiger partial charge in [0.25, 0.3) is 0 Å². The number of aryl methyl sites for hydroxylation is 1. The molecule has 0 radical (unpaired) electrons. The molecule has 0 saturated carbocycles. The van der Waals surface area contributed by atoms with Gasteiger partial charge in [-0.25, -0.2) is 18.0 Å². The van der Waals surface area contributed by atoms with Gasteiger partial charge in [-0.3, -0.25) is 34.0 Å². The number of halogens is 3. The molecule has 9 heterocycles. The summed E-state index contributed by atoms with van der Waals surface area (Å²) in [5, 5.41) is 22.8. The summed E-state index contributed by atoms with van der Waals surface area (Å²) in [6.07, 6.45) is 15.0. The van der Waals surface area contributed by atoms with E-state index in [9.17, 15) is 19.5 Å². The van der Waals surface area contributed by atoms with Crippen LogP contribution in [-0.2, 0) is 27.8 Å². The number of rotatable bonds is 15. The van der Waals surface area contributed by atoms with E-state index >= 15 is 13.2 Å². The molecule has 23 heteroatoms. The Labute approximate surface area is 530 Å². The number of amides is 3. The first-order valence-electron chi connectivity index (χ1n) is 31.8. The third kappa shape index (κ3) is 15.1. The van der Waals surface area contributed by atoms with Crippen LogP contribution in [0.3, 0.4) is 0 Å². The van der Waals surface area contributed by atoms with Crippen LogP contribution < -0.4 is 19.9 Å². The molecule has 0 spiro atoms. The number of nitrogens with one attached hydrogen (secondary N) is 1. The number of ether oxygens (including phenoxy) is 2. The van der Waals surface area contributed by atoms with Gasteiger partial charge < -0.3 is 39.1 Å². The minimum absolute atomic E-state index is 0.0353. The number of nitrogens with zero attached hydrogens (tertiary/aromatic N) is 12. The van der Waals surface area contributed by atoms with Crippen LogP contribution in [0.1, 0.15) is 116 Å². The van der Waals surface area contributed by atoms with Crippen molar-refractivity contribution in [3.8, 4) is 46.6 Å². The number of pyridine rings is 1. The number of phenolic OH excluding ortho intramolecular Hbond substituents is 1. The molecule has 20 nitrogen and oxygen atoms in total. The summed E-state index contributed by atoms with van der Waals surface area (Å²) in [6.45, 7) is 20.0. The first-order valence-corrected chi connectivity index (χ1v) is 31.8. The topological polar surface area (TPSA) is 204 Å². The fraction of sp³-hybridized carbons (Fsp3) is 0.500. The molecule has 0 aliphatic carbocycles. The van der Waals surface area contributed by atoms with Gasteiger partial charge in [-0.2, -0.15) is 15.1 Å². The van der Waals surface area contributed by atoms with Crippen molar-refractivity contribution >= 4 is 51.7 Å². The molecule has 7 aromatic rings. The van der Waals surface area contributed by atoms with Crippen LogP contribution in [0.4, 0.5) is 29.6 Å². The van der Waals surface area contributed by atoms with Crippen molar-refractivity contribution in [3.63, 3.8) is 0 Å². The summed E-state index contributed by atoms with van der Waals surface area (Å²) in [5.41, 5.74) is 0.958. The van der Waals surface area contributed by atoms with E-state index in [0.717, 1.165) is 55.5 Å². The third-order valence-electron chi connectivity index (χ3n) is 17.7. The second-order valence-corrected chi connectivity index (χ2v) is 25.5. The number of hydrogen-bond donors (Lipinski definition) is 2. The van der Waals surface area contributed by atoms with Crippen LogP contribution in [0.5, 0.6) is 11.8 Å². The third-order valence-corrected chi connectivity index (χ3v) is 17.7. The van der Waals surface area contributed by atoms with Crippen molar-refractivity contribution in [3.05, 3.63) is 102 Å². The Balaban J connectivity index is 0.000000388. The first-order chi connectivity index (χ1) is 43.7. The average molecular weight is 1250 g/mol. The Bertz CT molecular complexity index is 3730. The lowest BCUT2D eigenvalue weighted by atomic mass is 9.92. The summed E-state index contributed by atoms with van der Waals surface area (Å²) in [4.78, 5) is 62.7. The van der Waals surface area contributed by atoms with E-state index in [-0.39, 0.29) is 88.7 Å². The minimum Gasteiger partial charge on any atom is -0.508 e. The highest BCUT2D eigenvalue weighted by molar-refractivity contribution is 6.03. The molecule has 5 saturated heterocycles. The number of aromatic nitrogens is 6. The summed E-state index contributed by atoms with van der Waals surface area (Å²) in [5.74, 6) is 2.37. The zero-order valence-corrected chi connectivity index (χ0v) is 53.4. The molecule has 12 rings (SSSR count). The maximum Gasteiger partial charge on any atom is 0.410 e. The number of fused-ring (bicyclic) bond motifs is 4. The maximum atomic E-state index is 17.2. The fourth-order valence-corrected chi connectivity index (χ4v) is 13.0. The van der Waals surface area contributed by atoms with Crippen LogP contribution in [-0.4, -0.2) is 181 Å². The second-order valence-electron chi connectivity index (χ2n) is 25.5. The summed E-state index contributed by atoms with van der Waals surface area (Å²) < 4.78 is 68.1. The predicted octanol–water partition coefficient (Wildman–Crippen LogP) is 10.3. The number of terminal acetylenes is 1. The molecule has 4 atom stereocenters. The number of aromatic hydroxyl groups is 1. The van der Waals surface area contributed by atoms with E-state index in [1.807, 2.05) is 85.6 Å². The summed E-state index contributed by atoms with van der Waals surface area (Å²) in [6, 6.07) is 17.2. The number of piperazine rings is 2.